The topological polar surface area (TPSA) is 59.2 Å². The first kappa shape index (κ1) is 20.9. The van der Waals surface area contributed by atoms with Gasteiger partial charge in [0.1, 0.15) is 0 Å². The molecule has 0 fully saturated rings. The monoisotopic (exact) mass is 423 g/mol. The van der Waals surface area contributed by atoms with Crippen LogP contribution < -0.4 is 0 Å². The summed E-state index contributed by atoms with van der Waals surface area (Å²) in [4.78, 5) is 14.2. The number of halogens is 4. The fourth-order valence-electron chi connectivity index (χ4n) is 2.69. The van der Waals surface area contributed by atoms with Crippen LogP contribution in [0.4, 0.5) is 13.2 Å². The fourth-order valence-corrected chi connectivity index (χ4v) is 2.91. The first-order chi connectivity index (χ1) is 13.7. The smallest absolute Gasteiger partial charge is 0.416 e. The molecule has 3 rings (SSSR count). The molecule has 0 radical (unpaired) electrons. The molecule has 0 saturated carbocycles. The predicted octanol–water partition coefficient (Wildman–Crippen LogP) is 5.46. The molecule has 0 aliphatic heterocycles. The number of benzene rings is 2. The molecule has 1 amide bonds. The molecule has 0 spiro atoms. The summed E-state index contributed by atoms with van der Waals surface area (Å²) in [7, 11) is 0. The number of hydrogen-bond donors (Lipinski definition) is 0. The van der Waals surface area contributed by atoms with Crippen molar-refractivity contribution in [3.8, 4) is 11.5 Å². The van der Waals surface area contributed by atoms with E-state index in [1.807, 2.05) is 0 Å². The van der Waals surface area contributed by atoms with Crippen LogP contribution in [0.2, 0.25) is 5.02 Å². The maximum absolute atomic E-state index is 13.0. The number of carbonyl (C=O) groups is 1. The lowest BCUT2D eigenvalue weighted by atomic mass is 10.1. The standard InChI is InChI=1S/C20H17ClF3N3O2/c1-12(2)27(19(28)13-6-5-7-14(10-13)20(22,23)24)11-17-25-26-18(29-17)15-8-3-4-9-16(15)21/h3-10,12H,11H2,1-2H3. The molecule has 2 aromatic carbocycles. The van der Waals surface area contributed by atoms with E-state index in [4.69, 9.17) is 16.0 Å². The molecule has 1 aromatic heterocycles. The van der Waals surface area contributed by atoms with Gasteiger partial charge in [-0.1, -0.05) is 29.8 Å². The molecule has 0 aliphatic carbocycles. The molecule has 3 aromatic rings. The molecule has 0 N–H and O–H groups in total. The van der Waals surface area contributed by atoms with Crippen molar-refractivity contribution in [1.29, 1.82) is 0 Å². The molecule has 29 heavy (non-hydrogen) atoms. The van der Waals surface area contributed by atoms with Crippen LogP contribution in [-0.4, -0.2) is 27.0 Å². The molecule has 152 valence electrons. The first-order valence-electron chi connectivity index (χ1n) is 8.72. The van der Waals surface area contributed by atoms with Crippen molar-refractivity contribution in [2.75, 3.05) is 0 Å². The van der Waals surface area contributed by atoms with E-state index < -0.39 is 17.6 Å². The van der Waals surface area contributed by atoms with Crippen molar-refractivity contribution < 1.29 is 22.4 Å². The third-order valence-corrected chi connectivity index (χ3v) is 4.53. The Labute approximate surface area is 170 Å². The Balaban J connectivity index is 1.85. The fraction of sp³-hybridized carbons (Fsp3) is 0.250. The van der Waals surface area contributed by atoms with Gasteiger partial charge in [0.2, 0.25) is 11.8 Å². The zero-order valence-corrected chi connectivity index (χ0v) is 16.3. The molecule has 5 nitrogen and oxygen atoms in total. The van der Waals surface area contributed by atoms with E-state index in [1.54, 1.807) is 38.1 Å². The summed E-state index contributed by atoms with van der Waals surface area (Å²) in [5.74, 6) is -0.224. The van der Waals surface area contributed by atoms with Crippen molar-refractivity contribution >= 4 is 17.5 Å². The van der Waals surface area contributed by atoms with Gasteiger partial charge in [-0.05, 0) is 44.2 Å². The van der Waals surface area contributed by atoms with Crippen LogP contribution in [0.15, 0.2) is 52.9 Å². The molecule has 0 aliphatic rings. The Hall–Kier alpha value is -2.87. The lowest BCUT2D eigenvalue weighted by Crippen LogP contribution is -2.36. The maximum atomic E-state index is 13.0. The van der Waals surface area contributed by atoms with Gasteiger partial charge in [-0.3, -0.25) is 4.79 Å². The summed E-state index contributed by atoms with van der Waals surface area (Å²) < 4.78 is 44.5. The van der Waals surface area contributed by atoms with Crippen LogP contribution in [0.5, 0.6) is 0 Å². The minimum atomic E-state index is -4.53. The number of carbonyl (C=O) groups excluding carboxylic acids is 1. The highest BCUT2D eigenvalue weighted by Gasteiger charge is 2.31. The lowest BCUT2D eigenvalue weighted by Gasteiger charge is -2.25. The minimum Gasteiger partial charge on any atom is -0.419 e. The summed E-state index contributed by atoms with van der Waals surface area (Å²) in [6.45, 7) is 3.44. The van der Waals surface area contributed by atoms with Gasteiger partial charge < -0.3 is 9.32 Å². The van der Waals surface area contributed by atoms with Gasteiger partial charge >= 0.3 is 6.18 Å². The Bertz CT molecular complexity index is 1020. The van der Waals surface area contributed by atoms with Crippen LogP contribution in [0.25, 0.3) is 11.5 Å². The second-order valence-corrected chi connectivity index (χ2v) is 6.99. The molecule has 0 saturated heterocycles. The Kier molecular flexibility index (Phi) is 5.93. The average Bonchev–Trinajstić information content (AvgIpc) is 3.13. The van der Waals surface area contributed by atoms with Crippen LogP contribution >= 0.6 is 11.6 Å². The molecule has 9 heteroatoms. The van der Waals surface area contributed by atoms with Crippen LogP contribution in [0.1, 0.15) is 35.7 Å². The molecule has 0 bridgehead atoms. The molecular weight excluding hydrogens is 407 g/mol. The summed E-state index contributed by atoms with van der Waals surface area (Å²) in [5, 5.41) is 8.32. The van der Waals surface area contributed by atoms with Crippen molar-refractivity contribution in [3.63, 3.8) is 0 Å². The van der Waals surface area contributed by atoms with Crippen molar-refractivity contribution in [2.24, 2.45) is 0 Å². The van der Waals surface area contributed by atoms with Gasteiger partial charge in [0.25, 0.3) is 5.91 Å². The van der Waals surface area contributed by atoms with Crippen molar-refractivity contribution in [3.05, 3.63) is 70.6 Å². The zero-order chi connectivity index (χ0) is 21.2. The van der Waals surface area contributed by atoms with Gasteiger partial charge in [-0.25, -0.2) is 0 Å². The van der Waals surface area contributed by atoms with E-state index in [0.717, 1.165) is 12.1 Å². The molecule has 0 atom stereocenters. The third kappa shape index (κ3) is 4.76. The van der Waals surface area contributed by atoms with Gasteiger partial charge in [-0.15, -0.1) is 10.2 Å². The predicted molar refractivity (Wildman–Crippen MR) is 101 cm³/mol. The van der Waals surface area contributed by atoms with Crippen LogP contribution in [0.3, 0.4) is 0 Å². The molecule has 1 heterocycles. The minimum absolute atomic E-state index is 0.0514. The van der Waals surface area contributed by atoms with E-state index in [1.165, 1.54) is 17.0 Å². The molecular formula is C20H17ClF3N3O2. The van der Waals surface area contributed by atoms with E-state index in [9.17, 15) is 18.0 Å². The highest BCUT2D eigenvalue weighted by atomic mass is 35.5. The highest BCUT2D eigenvalue weighted by Crippen LogP contribution is 2.30. The van der Waals surface area contributed by atoms with E-state index in [0.29, 0.717) is 10.6 Å². The summed E-state index contributed by atoms with van der Waals surface area (Å²) in [6, 6.07) is 10.9. The number of alkyl halides is 3. The van der Waals surface area contributed by atoms with E-state index in [2.05, 4.69) is 10.2 Å². The Morgan fingerprint density at radius 3 is 2.52 bits per heavy atom. The number of nitrogens with zero attached hydrogens (tertiary/aromatic N) is 3. The first-order valence-corrected chi connectivity index (χ1v) is 9.10. The van der Waals surface area contributed by atoms with Gasteiger partial charge in [0, 0.05) is 11.6 Å². The second-order valence-electron chi connectivity index (χ2n) is 6.59. The molecule has 0 unspecified atom stereocenters. The van der Waals surface area contributed by atoms with Crippen LogP contribution in [0, 0.1) is 0 Å². The Morgan fingerprint density at radius 1 is 1.14 bits per heavy atom. The number of aromatic nitrogens is 2. The summed E-state index contributed by atoms with van der Waals surface area (Å²) in [6.07, 6.45) is -4.53. The van der Waals surface area contributed by atoms with Crippen molar-refractivity contribution in [2.45, 2.75) is 32.6 Å². The van der Waals surface area contributed by atoms with Gasteiger partial charge in [0.15, 0.2) is 0 Å². The highest BCUT2D eigenvalue weighted by molar-refractivity contribution is 6.33. The quantitative estimate of drug-likeness (QED) is 0.546. The van der Waals surface area contributed by atoms with Crippen molar-refractivity contribution in [1.82, 2.24) is 15.1 Å². The number of rotatable bonds is 5. The van der Waals surface area contributed by atoms with Crippen LogP contribution in [-0.2, 0) is 12.7 Å². The zero-order valence-electron chi connectivity index (χ0n) is 15.6. The van der Waals surface area contributed by atoms with E-state index in [-0.39, 0.29) is 29.9 Å². The third-order valence-electron chi connectivity index (χ3n) is 4.20. The summed E-state index contributed by atoms with van der Waals surface area (Å²) in [5.41, 5.74) is -0.404. The average molecular weight is 424 g/mol. The lowest BCUT2D eigenvalue weighted by molar-refractivity contribution is -0.137. The van der Waals surface area contributed by atoms with Gasteiger partial charge in [0.05, 0.1) is 22.7 Å². The largest absolute Gasteiger partial charge is 0.419 e. The number of amides is 1. The van der Waals surface area contributed by atoms with E-state index >= 15 is 0 Å². The number of hydrogen-bond acceptors (Lipinski definition) is 4. The summed E-state index contributed by atoms with van der Waals surface area (Å²) >= 11 is 6.12. The maximum Gasteiger partial charge on any atom is 0.416 e. The Morgan fingerprint density at radius 2 is 1.86 bits per heavy atom. The second kappa shape index (κ2) is 8.24. The van der Waals surface area contributed by atoms with Gasteiger partial charge in [-0.2, -0.15) is 13.2 Å². The normalized spacial score (nSPS) is 11.7. The SMILES string of the molecule is CC(C)N(Cc1nnc(-c2ccccc2Cl)o1)C(=O)c1cccc(C(F)(F)F)c1.